The van der Waals surface area contributed by atoms with E-state index in [0.717, 1.165) is 25.3 Å². The zero-order valence-electron chi connectivity index (χ0n) is 11.7. The maximum Gasteiger partial charge on any atom is 0.123 e. The number of ether oxygens (including phenoxy) is 1. The first-order valence-corrected chi connectivity index (χ1v) is 6.91. The second kappa shape index (κ2) is 8.41. The van der Waals surface area contributed by atoms with Gasteiger partial charge in [-0.25, -0.2) is 0 Å². The van der Waals surface area contributed by atoms with Crippen LogP contribution in [0.3, 0.4) is 0 Å². The molecule has 1 aromatic rings. The van der Waals surface area contributed by atoms with Gasteiger partial charge in [-0.05, 0) is 38.4 Å². The topological polar surface area (TPSA) is 38.5 Å². The monoisotopic (exact) mass is 284 g/mol. The lowest BCUT2D eigenvalue weighted by Crippen LogP contribution is -2.40. The van der Waals surface area contributed by atoms with E-state index in [1.54, 1.807) is 7.11 Å². The number of para-hydroxylation sites is 1. The average Bonchev–Trinajstić information content (AvgIpc) is 2.42. The number of hydrogen-bond acceptors (Lipinski definition) is 3. The number of hydrogen-bond donors (Lipinski definition) is 1. The van der Waals surface area contributed by atoms with E-state index in [9.17, 15) is 0 Å². The third-order valence-corrected chi connectivity index (χ3v) is 3.81. The maximum absolute atomic E-state index is 5.72. The van der Waals surface area contributed by atoms with Crippen molar-refractivity contribution in [3.8, 4) is 5.75 Å². The molecule has 0 saturated carbocycles. The minimum absolute atomic E-state index is 0. The van der Waals surface area contributed by atoms with Gasteiger partial charge in [-0.15, -0.1) is 12.4 Å². The molecule has 1 atom stereocenters. The molecule has 4 heteroatoms. The highest BCUT2D eigenvalue weighted by molar-refractivity contribution is 5.85. The molecular formula is C15H25ClN2O. The van der Waals surface area contributed by atoms with Crippen LogP contribution in [-0.2, 0) is 6.54 Å². The summed E-state index contributed by atoms with van der Waals surface area (Å²) < 4.78 is 5.43. The summed E-state index contributed by atoms with van der Waals surface area (Å²) in [5.41, 5.74) is 7.00. The van der Waals surface area contributed by atoms with Gasteiger partial charge >= 0.3 is 0 Å². The molecule has 0 radical (unpaired) electrons. The average molecular weight is 285 g/mol. The summed E-state index contributed by atoms with van der Waals surface area (Å²) in [7, 11) is 1.74. The lowest BCUT2D eigenvalue weighted by atomic mass is 9.98. The van der Waals surface area contributed by atoms with Gasteiger partial charge in [-0.1, -0.05) is 24.6 Å². The van der Waals surface area contributed by atoms with E-state index in [0.29, 0.717) is 6.04 Å². The Morgan fingerprint density at radius 1 is 1.32 bits per heavy atom. The normalized spacial score (nSPS) is 19.8. The Kier molecular flexibility index (Phi) is 7.21. The Balaban J connectivity index is 0.00000180. The Hall–Kier alpha value is -0.770. The molecule has 1 aliphatic rings. The first kappa shape index (κ1) is 16.3. The van der Waals surface area contributed by atoms with E-state index < -0.39 is 0 Å². The summed E-state index contributed by atoms with van der Waals surface area (Å²) in [6.07, 6.45) is 5.03. The highest BCUT2D eigenvalue weighted by Crippen LogP contribution is 2.25. The van der Waals surface area contributed by atoms with Crippen LogP contribution in [0, 0.1) is 0 Å². The fraction of sp³-hybridized carbons (Fsp3) is 0.600. The second-order valence-electron chi connectivity index (χ2n) is 5.01. The summed E-state index contributed by atoms with van der Waals surface area (Å²) in [5, 5.41) is 0. The zero-order chi connectivity index (χ0) is 12.8. The van der Waals surface area contributed by atoms with Crippen LogP contribution in [-0.4, -0.2) is 31.1 Å². The molecule has 0 bridgehead atoms. The van der Waals surface area contributed by atoms with Gasteiger partial charge in [0.15, 0.2) is 0 Å². The Morgan fingerprint density at radius 2 is 2.11 bits per heavy atom. The molecule has 0 aliphatic carbocycles. The SMILES string of the molecule is COc1ccccc1CN1CCCCC1CCN.Cl. The second-order valence-corrected chi connectivity index (χ2v) is 5.01. The first-order chi connectivity index (χ1) is 8.85. The van der Waals surface area contributed by atoms with Crippen LogP contribution in [0.4, 0.5) is 0 Å². The van der Waals surface area contributed by atoms with Gasteiger partial charge in [0.1, 0.15) is 5.75 Å². The quantitative estimate of drug-likeness (QED) is 0.904. The molecule has 2 N–H and O–H groups in total. The predicted molar refractivity (Wildman–Crippen MR) is 82.0 cm³/mol. The van der Waals surface area contributed by atoms with Crippen molar-refractivity contribution >= 4 is 12.4 Å². The number of nitrogens with two attached hydrogens (primary N) is 1. The van der Waals surface area contributed by atoms with Crippen molar-refractivity contribution in [1.82, 2.24) is 4.90 Å². The summed E-state index contributed by atoms with van der Waals surface area (Å²) in [5.74, 6) is 0.995. The molecule has 3 nitrogen and oxygen atoms in total. The van der Waals surface area contributed by atoms with E-state index in [-0.39, 0.29) is 12.4 Å². The van der Waals surface area contributed by atoms with Crippen molar-refractivity contribution in [1.29, 1.82) is 0 Å². The number of halogens is 1. The number of methoxy groups -OCH3 is 1. The van der Waals surface area contributed by atoms with Gasteiger partial charge in [0.2, 0.25) is 0 Å². The van der Waals surface area contributed by atoms with Gasteiger partial charge in [0.25, 0.3) is 0 Å². The van der Waals surface area contributed by atoms with E-state index in [2.05, 4.69) is 17.0 Å². The minimum atomic E-state index is 0. The van der Waals surface area contributed by atoms with E-state index >= 15 is 0 Å². The Bertz CT molecular complexity index is 371. The molecule has 1 heterocycles. The van der Waals surface area contributed by atoms with Crippen molar-refractivity contribution in [2.45, 2.75) is 38.3 Å². The summed E-state index contributed by atoms with van der Waals surface area (Å²) in [6, 6.07) is 8.95. The lowest BCUT2D eigenvalue weighted by Gasteiger charge is -2.35. The number of piperidine rings is 1. The van der Waals surface area contributed by atoms with Crippen molar-refractivity contribution in [3.05, 3.63) is 29.8 Å². The molecule has 1 unspecified atom stereocenters. The molecule has 0 amide bonds. The van der Waals surface area contributed by atoms with Crippen LogP contribution in [0.15, 0.2) is 24.3 Å². The molecule has 19 heavy (non-hydrogen) atoms. The van der Waals surface area contributed by atoms with Crippen molar-refractivity contribution in [3.63, 3.8) is 0 Å². The summed E-state index contributed by atoms with van der Waals surface area (Å²) in [6.45, 7) is 2.95. The van der Waals surface area contributed by atoms with Crippen molar-refractivity contribution < 1.29 is 4.74 Å². The molecule has 0 spiro atoms. The number of benzene rings is 1. The Labute approximate surface area is 122 Å². The highest BCUT2D eigenvalue weighted by Gasteiger charge is 2.22. The summed E-state index contributed by atoms with van der Waals surface area (Å²) >= 11 is 0. The Morgan fingerprint density at radius 3 is 2.84 bits per heavy atom. The molecule has 0 aromatic heterocycles. The van der Waals surface area contributed by atoms with Crippen LogP contribution in [0.1, 0.15) is 31.2 Å². The van der Waals surface area contributed by atoms with E-state index in [1.807, 2.05) is 12.1 Å². The van der Waals surface area contributed by atoms with Crippen LogP contribution >= 0.6 is 12.4 Å². The predicted octanol–water partition coefficient (Wildman–Crippen LogP) is 2.82. The number of nitrogens with zero attached hydrogens (tertiary/aromatic N) is 1. The van der Waals surface area contributed by atoms with Gasteiger partial charge in [-0.3, -0.25) is 4.90 Å². The van der Waals surface area contributed by atoms with Crippen LogP contribution in [0.25, 0.3) is 0 Å². The van der Waals surface area contributed by atoms with E-state index in [1.165, 1.54) is 31.4 Å². The van der Waals surface area contributed by atoms with Gasteiger partial charge in [-0.2, -0.15) is 0 Å². The van der Waals surface area contributed by atoms with Crippen LogP contribution < -0.4 is 10.5 Å². The molecule has 1 fully saturated rings. The fourth-order valence-electron chi connectivity index (χ4n) is 2.84. The number of rotatable bonds is 5. The van der Waals surface area contributed by atoms with Gasteiger partial charge < -0.3 is 10.5 Å². The molecule has 1 saturated heterocycles. The largest absolute Gasteiger partial charge is 0.496 e. The molecular weight excluding hydrogens is 260 g/mol. The molecule has 1 aliphatic heterocycles. The minimum Gasteiger partial charge on any atom is -0.496 e. The van der Waals surface area contributed by atoms with Crippen molar-refractivity contribution in [2.75, 3.05) is 20.2 Å². The standard InChI is InChI=1S/C15H24N2O.ClH/c1-18-15-8-3-2-6-13(15)12-17-11-5-4-7-14(17)9-10-16;/h2-3,6,8,14H,4-5,7,9-12,16H2,1H3;1H. The third-order valence-electron chi connectivity index (χ3n) is 3.81. The maximum atomic E-state index is 5.72. The fourth-order valence-corrected chi connectivity index (χ4v) is 2.84. The number of likely N-dealkylation sites (tertiary alicyclic amines) is 1. The van der Waals surface area contributed by atoms with Gasteiger partial charge in [0.05, 0.1) is 7.11 Å². The van der Waals surface area contributed by atoms with Crippen LogP contribution in [0.2, 0.25) is 0 Å². The van der Waals surface area contributed by atoms with Crippen LogP contribution in [0.5, 0.6) is 5.75 Å². The first-order valence-electron chi connectivity index (χ1n) is 6.91. The van der Waals surface area contributed by atoms with Crippen molar-refractivity contribution in [2.24, 2.45) is 5.73 Å². The molecule has 108 valence electrons. The van der Waals surface area contributed by atoms with E-state index in [4.69, 9.17) is 10.5 Å². The lowest BCUT2D eigenvalue weighted by molar-refractivity contribution is 0.133. The zero-order valence-corrected chi connectivity index (χ0v) is 12.5. The molecule has 1 aromatic carbocycles. The molecule has 2 rings (SSSR count). The smallest absolute Gasteiger partial charge is 0.123 e. The third kappa shape index (κ3) is 4.37. The van der Waals surface area contributed by atoms with Gasteiger partial charge in [0, 0.05) is 18.2 Å². The highest BCUT2D eigenvalue weighted by atomic mass is 35.5. The summed E-state index contributed by atoms with van der Waals surface area (Å²) in [4.78, 5) is 2.56.